The largest absolute Gasteiger partial charge is 0.263 e. The highest BCUT2D eigenvalue weighted by Gasteiger charge is 2.04. The molecule has 0 fully saturated rings. The Morgan fingerprint density at radius 2 is 2.36 bits per heavy atom. The average molecular weight is 209 g/mol. The fourth-order valence-electron chi connectivity index (χ4n) is 1.12. The smallest absolute Gasteiger partial charge is 0.181 e. The summed E-state index contributed by atoms with van der Waals surface area (Å²) in [4.78, 5) is 8.18. The first kappa shape index (κ1) is 9.15. The van der Waals surface area contributed by atoms with Crippen LogP contribution in [0.25, 0.3) is 11.4 Å². The van der Waals surface area contributed by atoms with E-state index in [9.17, 15) is 0 Å². The van der Waals surface area contributed by atoms with Crippen molar-refractivity contribution in [1.29, 1.82) is 0 Å². The van der Waals surface area contributed by atoms with Gasteiger partial charge in [0.05, 0.1) is 0 Å². The molecular weight excluding hydrogens is 200 g/mol. The van der Waals surface area contributed by atoms with E-state index in [1.807, 2.05) is 13.0 Å². The third-order valence-corrected chi connectivity index (χ3v) is 2.06. The Morgan fingerprint density at radius 1 is 1.50 bits per heavy atom. The van der Waals surface area contributed by atoms with Gasteiger partial charge in [-0.1, -0.05) is 18.5 Å². The minimum Gasteiger partial charge on any atom is -0.263 e. The quantitative estimate of drug-likeness (QED) is 0.769. The van der Waals surface area contributed by atoms with Crippen LogP contribution in [0, 0.1) is 0 Å². The summed E-state index contributed by atoms with van der Waals surface area (Å²) >= 11 is 5.76. The van der Waals surface area contributed by atoms with Gasteiger partial charge in [-0.3, -0.25) is 5.10 Å². The Morgan fingerprint density at radius 3 is 3.00 bits per heavy atom. The summed E-state index contributed by atoms with van der Waals surface area (Å²) in [6.45, 7) is 2.02. The number of H-pyrrole nitrogens is 1. The van der Waals surface area contributed by atoms with Crippen molar-refractivity contribution in [1.82, 2.24) is 20.2 Å². The molecule has 0 aliphatic carbocycles. The Bertz CT molecular complexity index is 438. The van der Waals surface area contributed by atoms with Crippen LogP contribution >= 0.6 is 11.6 Å². The SMILES string of the molecule is CCc1nc(-c2ccnc(Cl)c2)n[nH]1. The van der Waals surface area contributed by atoms with Crippen LogP contribution in [0.1, 0.15) is 12.7 Å². The van der Waals surface area contributed by atoms with Crippen LogP contribution in [0.2, 0.25) is 5.15 Å². The number of aromatic amines is 1. The molecule has 2 aromatic heterocycles. The molecule has 0 aromatic carbocycles. The number of nitrogens with zero attached hydrogens (tertiary/aromatic N) is 3. The van der Waals surface area contributed by atoms with E-state index in [1.54, 1.807) is 12.3 Å². The van der Waals surface area contributed by atoms with Crippen LogP contribution in [0.15, 0.2) is 18.3 Å². The molecular formula is C9H9ClN4. The molecule has 72 valence electrons. The molecule has 0 spiro atoms. The van der Waals surface area contributed by atoms with Crippen LogP contribution in [-0.2, 0) is 6.42 Å². The molecule has 2 heterocycles. The van der Waals surface area contributed by atoms with Crippen molar-refractivity contribution in [3.8, 4) is 11.4 Å². The van der Waals surface area contributed by atoms with Gasteiger partial charge in [0, 0.05) is 18.2 Å². The molecule has 0 atom stereocenters. The molecule has 0 saturated carbocycles. The zero-order chi connectivity index (χ0) is 9.97. The molecule has 0 aliphatic heterocycles. The first-order valence-electron chi connectivity index (χ1n) is 4.33. The third-order valence-electron chi connectivity index (χ3n) is 1.85. The van der Waals surface area contributed by atoms with Gasteiger partial charge in [0.1, 0.15) is 11.0 Å². The van der Waals surface area contributed by atoms with Gasteiger partial charge in [0.25, 0.3) is 0 Å². The summed E-state index contributed by atoms with van der Waals surface area (Å²) in [6.07, 6.45) is 2.48. The molecule has 0 bridgehead atoms. The maximum Gasteiger partial charge on any atom is 0.181 e. The summed E-state index contributed by atoms with van der Waals surface area (Å²) in [6, 6.07) is 3.57. The molecule has 0 aliphatic rings. The number of aryl methyl sites for hydroxylation is 1. The van der Waals surface area contributed by atoms with E-state index in [4.69, 9.17) is 11.6 Å². The molecule has 14 heavy (non-hydrogen) atoms. The standard InChI is InChI=1S/C9H9ClN4/c1-2-8-12-9(14-13-8)6-3-4-11-7(10)5-6/h3-5H,2H2,1H3,(H,12,13,14). The number of hydrogen-bond acceptors (Lipinski definition) is 3. The lowest BCUT2D eigenvalue weighted by molar-refractivity contribution is 0.946. The van der Waals surface area contributed by atoms with Gasteiger partial charge in [-0.25, -0.2) is 9.97 Å². The predicted molar refractivity (Wildman–Crippen MR) is 54.0 cm³/mol. The molecule has 4 nitrogen and oxygen atoms in total. The molecule has 0 radical (unpaired) electrons. The van der Waals surface area contributed by atoms with E-state index in [0.29, 0.717) is 11.0 Å². The number of halogens is 1. The van der Waals surface area contributed by atoms with Crippen molar-refractivity contribution < 1.29 is 0 Å². The monoisotopic (exact) mass is 208 g/mol. The fraction of sp³-hybridized carbons (Fsp3) is 0.222. The molecule has 1 N–H and O–H groups in total. The average Bonchev–Trinajstić information content (AvgIpc) is 2.66. The van der Waals surface area contributed by atoms with E-state index in [2.05, 4.69) is 20.2 Å². The summed E-state index contributed by atoms with van der Waals surface area (Å²) in [5.41, 5.74) is 0.876. The summed E-state index contributed by atoms with van der Waals surface area (Å²) in [5.74, 6) is 1.53. The summed E-state index contributed by atoms with van der Waals surface area (Å²) in [5, 5.41) is 7.37. The predicted octanol–water partition coefficient (Wildman–Crippen LogP) is 2.08. The highest BCUT2D eigenvalue weighted by atomic mass is 35.5. The van der Waals surface area contributed by atoms with Crippen LogP contribution in [0.4, 0.5) is 0 Å². The first-order valence-corrected chi connectivity index (χ1v) is 4.70. The van der Waals surface area contributed by atoms with E-state index in [-0.39, 0.29) is 0 Å². The lowest BCUT2D eigenvalue weighted by atomic mass is 10.2. The van der Waals surface area contributed by atoms with Crippen molar-refractivity contribution in [2.45, 2.75) is 13.3 Å². The van der Waals surface area contributed by atoms with Crippen LogP contribution in [-0.4, -0.2) is 20.2 Å². The van der Waals surface area contributed by atoms with Gasteiger partial charge in [-0.05, 0) is 12.1 Å². The Hall–Kier alpha value is -1.42. The molecule has 2 rings (SSSR count). The van der Waals surface area contributed by atoms with Crippen molar-refractivity contribution in [2.75, 3.05) is 0 Å². The normalized spacial score (nSPS) is 10.4. The Labute approximate surface area is 86.4 Å². The maximum absolute atomic E-state index is 5.76. The van der Waals surface area contributed by atoms with Crippen molar-refractivity contribution in [2.24, 2.45) is 0 Å². The van der Waals surface area contributed by atoms with Crippen molar-refractivity contribution in [3.05, 3.63) is 29.3 Å². The number of pyridine rings is 1. The third kappa shape index (κ3) is 1.75. The van der Waals surface area contributed by atoms with Crippen molar-refractivity contribution >= 4 is 11.6 Å². The van der Waals surface area contributed by atoms with Gasteiger partial charge < -0.3 is 0 Å². The zero-order valence-electron chi connectivity index (χ0n) is 7.66. The number of nitrogens with one attached hydrogen (secondary N) is 1. The second kappa shape index (κ2) is 3.75. The minimum absolute atomic E-state index is 0.449. The summed E-state index contributed by atoms with van der Waals surface area (Å²) in [7, 11) is 0. The number of aromatic nitrogens is 4. The van der Waals surface area contributed by atoms with Crippen LogP contribution in [0.5, 0.6) is 0 Å². The Balaban J connectivity index is 2.39. The number of rotatable bonds is 2. The van der Waals surface area contributed by atoms with Crippen LogP contribution < -0.4 is 0 Å². The van der Waals surface area contributed by atoms with Gasteiger partial charge in [0.2, 0.25) is 0 Å². The van der Waals surface area contributed by atoms with Gasteiger partial charge >= 0.3 is 0 Å². The first-order chi connectivity index (χ1) is 6.79. The molecule has 0 unspecified atom stereocenters. The summed E-state index contributed by atoms with van der Waals surface area (Å²) < 4.78 is 0. The molecule has 0 saturated heterocycles. The van der Waals surface area contributed by atoms with Crippen molar-refractivity contribution in [3.63, 3.8) is 0 Å². The maximum atomic E-state index is 5.76. The molecule has 2 aromatic rings. The topological polar surface area (TPSA) is 54.5 Å². The van der Waals surface area contributed by atoms with E-state index in [0.717, 1.165) is 17.8 Å². The van der Waals surface area contributed by atoms with E-state index < -0.39 is 0 Å². The zero-order valence-corrected chi connectivity index (χ0v) is 8.41. The molecule has 5 heteroatoms. The Kier molecular flexibility index (Phi) is 2.45. The van der Waals surface area contributed by atoms with Crippen LogP contribution in [0.3, 0.4) is 0 Å². The number of hydrogen-bond donors (Lipinski definition) is 1. The minimum atomic E-state index is 0.449. The fourth-order valence-corrected chi connectivity index (χ4v) is 1.30. The van der Waals surface area contributed by atoms with E-state index >= 15 is 0 Å². The second-order valence-electron chi connectivity index (χ2n) is 2.83. The highest BCUT2D eigenvalue weighted by molar-refractivity contribution is 6.29. The van der Waals surface area contributed by atoms with Gasteiger partial charge in [-0.2, -0.15) is 5.10 Å². The van der Waals surface area contributed by atoms with Gasteiger partial charge in [0.15, 0.2) is 5.82 Å². The highest BCUT2D eigenvalue weighted by Crippen LogP contribution is 2.16. The molecule has 0 amide bonds. The van der Waals surface area contributed by atoms with E-state index in [1.165, 1.54) is 0 Å². The lowest BCUT2D eigenvalue weighted by Gasteiger charge is -1.93. The second-order valence-corrected chi connectivity index (χ2v) is 3.21. The van der Waals surface area contributed by atoms with Gasteiger partial charge in [-0.15, -0.1) is 0 Å². The lowest BCUT2D eigenvalue weighted by Crippen LogP contribution is -1.83.